The van der Waals surface area contributed by atoms with E-state index in [2.05, 4.69) is 37.2 Å². The minimum atomic E-state index is -2.05. The van der Waals surface area contributed by atoms with Crippen LogP contribution in [0.1, 0.15) is 97.5 Å². The molecule has 75 heavy (non-hydrogen) atoms. The fourth-order valence-corrected chi connectivity index (χ4v) is 8.51. The Balaban J connectivity index is 2.41. The van der Waals surface area contributed by atoms with Gasteiger partial charge in [-0.05, 0) is 62.5 Å². The van der Waals surface area contributed by atoms with Crippen LogP contribution in [0.5, 0.6) is 0 Å². The van der Waals surface area contributed by atoms with E-state index in [9.17, 15) is 73.2 Å². The molecular formula is C49H78N10O15S. The molecule has 10 amide bonds. The standard InChI is InChI=1S/C49H78N10O15S/c1-6-7-8-9-13-18-41(65)59(48(72)36(27-61)54-40(64)25-51-42(66)30(4)52-43(67)32(19-21-75-5)53-39(63)24-50)38(28-62)46(70)56-34(23-31-15-11-10-12-16-31)45(69)55-33(22-29(2)3)44(68)57-35(26-60)47(71)58-20-14-17-37(58)49(73)74/h10-12,15-16,29-30,32-38,60-62H,6-9,13-14,17-28,50H2,1-5H3,(H,51,66)(H,52,67)(H,53,63)(H,54,64)(H,55,69)(H,56,70)(H,57,68)(H,73,74)/t30-,32-,33-,34-,35-,36-,37-,38-/m0/s1. The average molecular weight is 1080 g/mol. The summed E-state index contributed by atoms with van der Waals surface area (Å²) in [6.45, 7) is 2.46. The molecule has 1 saturated heterocycles. The summed E-state index contributed by atoms with van der Waals surface area (Å²) in [7, 11) is 0. The Bertz CT molecular complexity index is 2090. The summed E-state index contributed by atoms with van der Waals surface area (Å²) in [5.74, 6) is -10.4. The largest absolute Gasteiger partial charge is 0.480 e. The second-order valence-electron chi connectivity index (χ2n) is 18.5. The minimum absolute atomic E-state index is 0.0192. The van der Waals surface area contributed by atoms with E-state index in [1.54, 1.807) is 50.4 Å². The number of thioether (sulfide) groups is 1. The topological polar surface area (TPSA) is 385 Å². The summed E-state index contributed by atoms with van der Waals surface area (Å²) in [4.78, 5) is 148. The van der Waals surface area contributed by atoms with E-state index in [4.69, 9.17) is 5.73 Å². The van der Waals surface area contributed by atoms with E-state index < -0.39 is 140 Å². The molecule has 1 heterocycles. The zero-order valence-electron chi connectivity index (χ0n) is 43.5. The van der Waals surface area contributed by atoms with Gasteiger partial charge < -0.3 is 68.3 Å². The Hall–Kier alpha value is -6.22. The molecule has 1 fully saturated rings. The number of benzene rings is 1. The summed E-state index contributed by atoms with van der Waals surface area (Å²) in [6.07, 6.45) is 5.28. The second-order valence-corrected chi connectivity index (χ2v) is 19.5. The van der Waals surface area contributed by atoms with Gasteiger partial charge in [-0.15, -0.1) is 0 Å². The van der Waals surface area contributed by atoms with Gasteiger partial charge in [0.25, 0.3) is 5.91 Å². The van der Waals surface area contributed by atoms with Crippen molar-refractivity contribution in [3.8, 4) is 0 Å². The molecule has 13 N–H and O–H groups in total. The van der Waals surface area contributed by atoms with E-state index in [0.717, 1.165) is 24.2 Å². The van der Waals surface area contributed by atoms with Crippen LogP contribution in [0.15, 0.2) is 30.3 Å². The number of hydrogen-bond acceptors (Lipinski definition) is 16. The normalized spacial score (nSPS) is 15.9. The number of carbonyl (C=O) groups excluding carboxylic acids is 10. The van der Waals surface area contributed by atoms with Gasteiger partial charge in [0.1, 0.15) is 48.3 Å². The van der Waals surface area contributed by atoms with Gasteiger partial charge in [-0.1, -0.05) is 76.8 Å². The first kappa shape index (κ1) is 64.9. The number of hydrogen-bond donors (Lipinski definition) is 12. The molecule has 8 atom stereocenters. The molecule has 1 aliphatic heterocycles. The fourth-order valence-electron chi connectivity index (χ4n) is 8.04. The Morgan fingerprint density at radius 2 is 1.32 bits per heavy atom. The zero-order valence-corrected chi connectivity index (χ0v) is 44.3. The summed E-state index contributed by atoms with van der Waals surface area (Å²) in [5.41, 5.74) is 5.87. The third-order valence-corrected chi connectivity index (χ3v) is 12.7. The maximum absolute atomic E-state index is 14.4. The number of likely N-dealkylation sites (tertiary alicyclic amines) is 1. The van der Waals surface area contributed by atoms with Crippen LogP contribution in [0.4, 0.5) is 0 Å². The smallest absolute Gasteiger partial charge is 0.326 e. The van der Waals surface area contributed by atoms with Gasteiger partial charge >= 0.3 is 5.97 Å². The Morgan fingerprint density at radius 3 is 1.91 bits per heavy atom. The van der Waals surface area contributed by atoms with Crippen LogP contribution in [0.2, 0.25) is 0 Å². The van der Waals surface area contributed by atoms with Crippen LogP contribution >= 0.6 is 11.8 Å². The van der Waals surface area contributed by atoms with Crippen LogP contribution in [0.3, 0.4) is 0 Å². The Kier molecular flexibility index (Phi) is 29.7. The third-order valence-electron chi connectivity index (χ3n) is 12.1. The predicted octanol–water partition coefficient (Wildman–Crippen LogP) is -2.83. The van der Waals surface area contributed by atoms with Gasteiger partial charge in [-0.2, -0.15) is 11.8 Å². The van der Waals surface area contributed by atoms with Crippen molar-refractivity contribution < 1.29 is 73.2 Å². The Labute approximate surface area is 441 Å². The molecule has 0 radical (unpaired) electrons. The summed E-state index contributed by atoms with van der Waals surface area (Å²) < 4.78 is 0. The van der Waals surface area contributed by atoms with E-state index in [1.807, 2.05) is 6.92 Å². The number of nitrogens with zero attached hydrogens (tertiary/aromatic N) is 2. The molecule has 1 aliphatic rings. The number of rotatable bonds is 34. The molecule has 0 spiro atoms. The van der Waals surface area contributed by atoms with E-state index in [-0.39, 0.29) is 57.5 Å². The highest BCUT2D eigenvalue weighted by Gasteiger charge is 2.41. The average Bonchev–Trinajstić information content (AvgIpc) is 3.89. The number of imide groups is 1. The number of aliphatic hydroxyl groups is 3. The monoisotopic (exact) mass is 1080 g/mol. The van der Waals surface area contributed by atoms with Gasteiger partial charge in [0.15, 0.2) is 0 Å². The molecule has 420 valence electrons. The third kappa shape index (κ3) is 21.9. The zero-order chi connectivity index (χ0) is 56.2. The number of amides is 10. The first-order chi connectivity index (χ1) is 35.7. The molecule has 0 bridgehead atoms. The number of unbranched alkanes of at least 4 members (excludes halogenated alkanes) is 4. The van der Waals surface area contributed by atoms with Gasteiger partial charge in [0.2, 0.25) is 53.2 Å². The lowest BCUT2D eigenvalue weighted by Crippen LogP contribution is -2.63. The van der Waals surface area contributed by atoms with E-state index in [0.29, 0.717) is 29.1 Å². The lowest BCUT2D eigenvalue weighted by Gasteiger charge is -2.32. The van der Waals surface area contributed by atoms with Crippen molar-refractivity contribution in [3.63, 3.8) is 0 Å². The molecule has 26 heteroatoms. The molecule has 0 saturated carbocycles. The van der Waals surface area contributed by atoms with E-state index >= 15 is 0 Å². The predicted molar refractivity (Wildman–Crippen MR) is 275 cm³/mol. The van der Waals surface area contributed by atoms with Crippen molar-refractivity contribution in [1.82, 2.24) is 47.0 Å². The van der Waals surface area contributed by atoms with Crippen LogP contribution < -0.4 is 43.0 Å². The van der Waals surface area contributed by atoms with Gasteiger partial charge in [0.05, 0.1) is 32.9 Å². The van der Waals surface area contributed by atoms with Crippen LogP contribution in [0.25, 0.3) is 0 Å². The SMILES string of the molecule is CCCCCCCC(=O)N(C(=O)[C@H](CO)NC(=O)CNC(=O)[C@H](C)NC(=O)[C@H](CCSC)NC(=O)CN)[C@@H](CO)C(=O)N[C@@H](Cc1ccccc1)C(=O)N[C@@H](CC(C)C)C(=O)N[C@@H](CO)C(=O)N1CCC[C@H]1C(=O)O. The molecule has 1 aromatic carbocycles. The van der Waals surface area contributed by atoms with E-state index in [1.165, 1.54) is 18.7 Å². The minimum Gasteiger partial charge on any atom is -0.480 e. The van der Waals surface area contributed by atoms with Crippen molar-refractivity contribution >= 4 is 76.8 Å². The molecule has 0 unspecified atom stereocenters. The second kappa shape index (κ2) is 34.4. The van der Waals surface area contributed by atoms with Crippen molar-refractivity contribution in [2.45, 2.75) is 147 Å². The summed E-state index contributed by atoms with van der Waals surface area (Å²) in [5, 5.41) is 57.9. The number of carboxylic acids is 1. The molecule has 1 aromatic rings. The van der Waals surface area contributed by atoms with Gasteiger partial charge in [0, 0.05) is 19.4 Å². The first-order valence-corrected chi connectivity index (χ1v) is 26.6. The first-order valence-electron chi connectivity index (χ1n) is 25.2. The van der Waals surface area contributed by atoms with Crippen molar-refractivity contribution in [2.24, 2.45) is 11.7 Å². The number of carboxylic acid groups (broad SMARTS) is 1. The van der Waals surface area contributed by atoms with Crippen molar-refractivity contribution in [2.75, 3.05) is 51.5 Å². The van der Waals surface area contributed by atoms with Crippen LogP contribution in [-0.2, 0) is 59.2 Å². The Morgan fingerprint density at radius 1 is 0.720 bits per heavy atom. The number of carbonyl (C=O) groups is 11. The molecule has 0 aliphatic carbocycles. The molecule has 0 aromatic heterocycles. The number of nitrogens with two attached hydrogens (primary N) is 1. The number of nitrogens with one attached hydrogen (secondary N) is 7. The molecule has 2 rings (SSSR count). The highest BCUT2D eigenvalue weighted by Crippen LogP contribution is 2.19. The number of aliphatic hydroxyl groups excluding tert-OH is 3. The van der Waals surface area contributed by atoms with Crippen molar-refractivity contribution in [3.05, 3.63) is 35.9 Å². The highest BCUT2D eigenvalue weighted by molar-refractivity contribution is 7.98. The highest BCUT2D eigenvalue weighted by atomic mass is 32.2. The maximum Gasteiger partial charge on any atom is 0.326 e. The van der Waals surface area contributed by atoms with Crippen LogP contribution in [0, 0.1) is 5.92 Å². The van der Waals surface area contributed by atoms with Crippen LogP contribution in [-0.4, -0.2) is 195 Å². The molecular weight excluding hydrogens is 1000 g/mol. The molecule has 25 nitrogen and oxygen atoms in total. The maximum atomic E-state index is 14.4. The van der Waals surface area contributed by atoms with Gasteiger partial charge in [-0.3, -0.25) is 52.8 Å². The summed E-state index contributed by atoms with van der Waals surface area (Å²) in [6, 6.07) is -3.61. The summed E-state index contributed by atoms with van der Waals surface area (Å²) >= 11 is 1.42. The fraction of sp³-hybridized carbons (Fsp3) is 0.653. The van der Waals surface area contributed by atoms with Gasteiger partial charge in [-0.25, -0.2) is 4.79 Å². The number of aliphatic carboxylic acids is 1. The quantitative estimate of drug-likeness (QED) is 0.0310. The lowest BCUT2D eigenvalue weighted by atomic mass is 10.0. The van der Waals surface area contributed by atoms with Crippen molar-refractivity contribution in [1.29, 1.82) is 0 Å². The lowest BCUT2D eigenvalue weighted by molar-refractivity contribution is -0.156.